The van der Waals surface area contributed by atoms with Gasteiger partial charge in [0, 0.05) is 31.1 Å². The molecule has 2 aromatic heterocycles. The number of amides is 2. The standard InChI is InChI=1S/C23H25N5O4S/c1-15-3-8-20(33-15)22(29)26-9-11-27(12-10-26)23(30)21-18-14-32-19(13-28(18)25-24-21)16-4-6-17(31-2)7-5-16/h3-8,19H,9-14H2,1-2H3. The summed E-state index contributed by atoms with van der Waals surface area (Å²) < 4.78 is 13.0. The summed E-state index contributed by atoms with van der Waals surface area (Å²) in [5.74, 6) is 0.650. The molecule has 0 radical (unpaired) electrons. The lowest BCUT2D eigenvalue weighted by Gasteiger charge is -2.34. The number of piperazine rings is 1. The zero-order valence-electron chi connectivity index (χ0n) is 18.6. The number of aromatic nitrogens is 3. The summed E-state index contributed by atoms with van der Waals surface area (Å²) >= 11 is 1.50. The molecule has 1 fully saturated rings. The van der Waals surface area contributed by atoms with Crippen molar-refractivity contribution in [1.82, 2.24) is 24.8 Å². The van der Waals surface area contributed by atoms with Crippen molar-refractivity contribution in [3.05, 3.63) is 63.1 Å². The second kappa shape index (κ2) is 8.95. The van der Waals surface area contributed by atoms with Crippen molar-refractivity contribution < 1.29 is 19.1 Å². The minimum absolute atomic E-state index is 0.0270. The quantitative estimate of drug-likeness (QED) is 0.586. The molecule has 2 amide bonds. The maximum atomic E-state index is 13.1. The normalized spacial score (nSPS) is 18.2. The Labute approximate surface area is 195 Å². The molecule has 0 saturated carbocycles. The average Bonchev–Trinajstić information content (AvgIpc) is 3.49. The third kappa shape index (κ3) is 4.23. The van der Waals surface area contributed by atoms with Gasteiger partial charge in [-0.1, -0.05) is 17.3 Å². The summed E-state index contributed by atoms with van der Waals surface area (Å²) in [6, 6.07) is 11.5. The molecular formula is C23H25N5O4S. The van der Waals surface area contributed by atoms with E-state index in [4.69, 9.17) is 9.47 Å². The minimum Gasteiger partial charge on any atom is -0.497 e. The number of carbonyl (C=O) groups is 2. The molecule has 0 spiro atoms. The van der Waals surface area contributed by atoms with Crippen LogP contribution in [0, 0.1) is 6.92 Å². The van der Waals surface area contributed by atoms with E-state index in [9.17, 15) is 9.59 Å². The minimum atomic E-state index is -0.165. The van der Waals surface area contributed by atoms with Crippen LogP contribution in [0.5, 0.6) is 5.75 Å². The van der Waals surface area contributed by atoms with Gasteiger partial charge in [-0.2, -0.15) is 0 Å². The first-order chi connectivity index (χ1) is 16.0. The number of ether oxygens (including phenoxy) is 2. The van der Waals surface area contributed by atoms with Crippen molar-refractivity contribution in [2.24, 2.45) is 0 Å². The van der Waals surface area contributed by atoms with Crippen LogP contribution in [0.1, 0.15) is 42.4 Å². The number of hydrogen-bond donors (Lipinski definition) is 0. The van der Waals surface area contributed by atoms with Crippen molar-refractivity contribution in [2.75, 3.05) is 33.3 Å². The largest absolute Gasteiger partial charge is 0.497 e. The molecule has 9 nitrogen and oxygen atoms in total. The first-order valence-corrected chi connectivity index (χ1v) is 11.7. The highest BCUT2D eigenvalue weighted by Crippen LogP contribution is 2.28. The Balaban J connectivity index is 1.22. The van der Waals surface area contributed by atoms with E-state index in [1.807, 2.05) is 43.3 Å². The van der Waals surface area contributed by atoms with E-state index in [1.54, 1.807) is 21.6 Å². The van der Waals surface area contributed by atoms with E-state index in [0.717, 1.165) is 21.1 Å². The van der Waals surface area contributed by atoms with Crippen LogP contribution in [0.25, 0.3) is 0 Å². The molecule has 0 aliphatic carbocycles. The fourth-order valence-corrected chi connectivity index (χ4v) is 5.00. The van der Waals surface area contributed by atoms with Gasteiger partial charge in [-0.3, -0.25) is 9.59 Å². The molecule has 2 aliphatic heterocycles. The fraction of sp³-hybridized carbons (Fsp3) is 0.391. The summed E-state index contributed by atoms with van der Waals surface area (Å²) in [5, 5.41) is 8.39. The molecule has 1 aromatic carbocycles. The van der Waals surface area contributed by atoms with Gasteiger partial charge in [-0.15, -0.1) is 16.4 Å². The summed E-state index contributed by atoms with van der Waals surface area (Å²) in [7, 11) is 1.63. The van der Waals surface area contributed by atoms with Gasteiger partial charge >= 0.3 is 0 Å². The van der Waals surface area contributed by atoms with E-state index in [2.05, 4.69) is 10.3 Å². The summed E-state index contributed by atoms with van der Waals surface area (Å²) in [5.41, 5.74) is 2.04. The van der Waals surface area contributed by atoms with Gasteiger partial charge in [-0.05, 0) is 36.8 Å². The third-order valence-corrected chi connectivity index (χ3v) is 7.08. The molecule has 1 atom stereocenters. The Kier molecular flexibility index (Phi) is 5.86. The summed E-state index contributed by atoms with van der Waals surface area (Å²) in [6.45, 7) is 4.68. The Morgan fingerprint density at radius 3 is 2.36 bits per heavy atom. The fourth-order valence-electron chi connectivity index (χ4n) is 4.17. The molecule has 172 valence electrons. The van der Waals surface area contributed by atoms with Gasteiger partial charge in [0.1, 0.15) is 11.9 Å². The van der Waals surface area contributed by atoms with Crippen LogP contribution in [0.4, 0.5) is 0 Å². The molecule has 1 saturated heterocycles. The van der Waals surface area contributed by atoms with Crippen LogP contribution in [0.15, 0.2) is 36.4 Å². The number of aryl methyl sites for hydroxylation is 1. The molecule has 2 aliphatic rings. The highest BCUT2D eigenvalue weighted by Gasteiger charge is 2.32. The number of hydrogen-bond acceptors (Lipinski definition) is 7. The number of fused-ring (bicyclic) bond motifs is 1. The van der Waals surface area contributed by atoms with Crippen molar-refractivity contribution in [2.45, 2.75) is 26.2 Å². The zero-order chi connectivity index (χ0) is 22.9. The predicted octanol–water partition coefficient (Wildman–Crippen LogP) is 2.53. The van der Waals surface area contributed by atoms with Gasteiger partial charge in [0.25, 0.3) is 11.8 Å². The van der Waals surface area contributed by atoms with Gasteiger partial charge in [0.2, 0.25) is 0 Å². The second-order valence-corrected chi connectivity index (χ2v) is 9.42. The smallest absolute Gasteiger partial charge is 0.276 e. The predicted molar refractivity (Wildman–Crippen MR) is 121 cm³/mol. The zero-order valence-corrected chi connectivity index (χ0v) is 19.4. The van der Waals surface area contributed by atoms with Gasteiger partial charge in [-0.25, -0.2) is 4.68 Å². The van der Waals surface area contributed by atoms with E-state index in [-0.39, 0.29) is 24.5 Å². The molecular weight excluding hydrogens is 442 g/mol. The maximum Gasteiger partial charge on any atom is 0.276 e. The van der Waals surface area contributed by atoms with Crippen LogP contribution < -0.4 is 4.74 Å². The Morgan fingerprint density at radius 1 is 1.03 bits per heavy atom. The molecule has 4 heterocycles. The lowest BCUT2D eigenvalue weighted by Crippen LogP contribution is -2.50. The molecule has 3 aromatic rings. The Morgan fingerprint density at radius 2 is 1.73 bits per heavy atom. The molecule has 10 heteroatoms. The van der Waals surface area contributed by atoms with Crippen molar-refractivity contribution in [3.63, 3.8) is 0 Å². The van der Waals surface area contributed by atoms with E-state index >= 15 is 0 Å². The lowest BCUT2D eigenvalue weighted by molar-refractivity contribution is -0.00204. The number of carbonyl (C=O) groups excluding carboxylic acids is 2. The summed E-state index contributed by atoms with van der Waals surface area (Å²) in [6.07, 6.45) is -0.163. The summed E-state index contributed by atoms with van der Waals surface area (Å²) in [4.78, 5) is 31.2. The number of nitrogens with zero attached hydrogens (tertiary/aromatic N) is 5. The second-order valence-electron chi connectivity index (χ2n) is 8.13. The number of methoxy groups -OCH3 is 1. The number of rotatable bonds is 4. The Bertz CT molecular complexity index is 1160. The van der Waals surface area contributed by atoms with Crippen LogP contribution >= 0.6 is 11.3 Å². The van der Waals surface area contributed by atoms with Crippen LogP contribution in [0.2, 0.25) is 0 Å². The first kappa shape index (κ1) is 21.6. The average molecular weight is 468 g/mol. The van der Waals surface area contributed by atoms with Crippen molar-refractivity contribution >= 4 is 23.2 Å². The highest BCUT2D eigenvalue weighted by molar-refractivity contribution is 7.13. The van der Waals surface area contributed by atoms with Crippen LogP contribution in [0.3, 0.4) is 0 Å². The molecule has 1 unspecified atom stereocenters. The molecule has 0 bridgehead atoms. The van der Waals surface area contributed by atoms with E-state index in [0.29, 0.717) is 44.1 Å². The Hall–Kier alpha value is -3.24. The van der Waals surface area contributed by atoms with E-state index < -0.39 is 0 Å². The van der Waals surface area contributed by atoms with Crippen LogP contribution in [-0.4, -0.2) is 69.9 Å². The van der Waals surface area contributed by atoms with Gasteiger partial charge in [0.05, 0.1) is 30.8 Å². The topological polar surface area (TPSA) is 89.8 Å². The van der Waals surface area contributed by atoms with Gasteiger partial charge in [0.15, 0.2) is 5.69 Å². The number of thiophene rings is 1. The highest BCUT2D eigenvalue weighted by atomic mass is 32.1. The molecule has 0 N–H and O–H groups in total. The monoisotopic (exact) mass is 467 g/mol. The van der Waals surface area contributed by atoms with E-state index in [1.165, 1.54) is 11.3 Å². The lowest BCUT2D eigenvalue weighted by atomic mass is 10.1. The number of benzene rings is 1. The molecule has 33 heavy (non-hydrogen) atoms. The third-order valence-electron chi connectivity index (χ3n) is 6.09. The maximum absolute atomic E-state index is 13.1. The van der Waals surface area contributed by atoms with Crippen molar-refractivity contribution in [1.29, 1.82) is 0 Å². The molecule has 5 rings (SSSR count). The van der Waals surface area contributed by atoms with Crippen LogP contribution in [-0.2, 0) is 17.9 Å². The van der Waals surface area contributed by atoms with Gasteiger partial charge < -0.3 is 19.3 Å². The van der Waals surface area contributed by atoms with Crippen molar-refractivity contribution in [3.8, 4) is 5.75 Å². The first-order valence-electron chi connectivity index (χ1n) is 10.9. The SMILES string of the molecule is COc1ccc(C2Cn3nnc(C(=O)N4CCN(C(=O)c5ccc(C)s5)CC4)c3CO2)cc1.